The Hall–Kier alpha value is -1.81. The van der Waals surface area contributed by atoms with Crippen molar-refractivity contribution in [2.24, 2.45) is 0 Å². The number of nitrogens with one attached hydrogen (secondary N) is 1. The molecule has 0 saturated carbocycles. The summed E-state index contributed by atoms with van der Waals surface area (Å²) < 4.78 is 0. The molecule has 1 saturated heterocycles. The highest BCUT2D eigenvalue weighted by molar-refractivity contribution is 5.97. The van der Waals surface area contributed by atoms with Gasteiger partial charge in [-0.15, -0.1) is 6.58 Å². The Labute approximate surface area is 120 Å². The highest BCUT2D eigenvalue weighted by atomic mass is 16.2. The zero-order chi connectivity index (χ0) is 13.9. The lowest BCUT2D eigenvalue weighted by Gasteiger charge is -2.33. The Balaban J connectivity index is 1.88. The first kappa shape index (κ1) is 13.2. The van der Waals surface area contributed by atoms with Gasteiger partial charge >= 0.3 is 0 Å². The molecule has 1 N–H and O–H groups in total. The van der Waals surface area contributed by atoms with E-state index >= 15 is 0 Å². The average molecular weight is 271 g/mol. The van der Waals surface area contributed by atoms with E-state index < -0.39 is 0 Å². The number of nitrogens with zero attached hydrogens (tertiary/aromatic N) is 2. The molecular weight excluding hydrogens is 250 g/mol. The van der Waals surface area contributed by atoms with E-state index in [1.807, 2.05) is 4.90 Å². The van der Waals surface area contributed by atoms with Gasteiger partial charge in [0.05, 0.1) is 0 Å². The smallest absolute Gasteiger partial charge is 0.227 e. The molecule has 4 heteroatoms. The molecule has 20 heavy (non-hydrogen) atoms. The van der Waals surface area contributed by atoms with Gasteiger partial charge in [0.2, 0.25) is 5.91 Å². The Bertz CT molecular complexity index is 520. The number of fused-ring (bicyclic) bond motifs is 1. The van der Waals surface area contributed by atoms with Crippen LogP contribution in [-0.2, 0) is 11.2 Å². The fraction of sp³-hybridized carbons (Fsp3) is 0.438. The second-order valence-electron chi connectivity index (χ2n) is 5.34. The number of carbonyl (C=O) groups is 1. The second-order valence-corrected chi connectivity index (χ2v) is 5.34. The Kier molecular flexibility index (Phi) is 3.74. The monoisotopic (exact) mass is 271 g/mol. The van der Waals surface area contributed by atoms with Crippen molar-refractivity contribution in [3.63, 3.8) is 0 Å². The molecule has 0 unspecified atom stereocenters. The van der Waals surface area contributed by atoms with Crippen LogP contribution < -0.4 is 15.1 Å². The van der Waals surface area contributed by atoms with Gasteiger partial charge in [0, 0.05) is 50.5 Å². The van der Waals surface area contributed by atoms with Crippen molar-refractivity contribution in [1.29, 1.82) is 0 Å². The van der Waals surface area contributed by atoms with Crippen molar-refractivity contribution < 1.29 is 4.79 Å². The van der Waals surface area contributed by atoms with Gasteiger partial charge in [0.15, 0.2) is 0 Å². The maximum Gasteiger partial charge on any atom is 0.227 e. The number of aryl methyl sites for hydroxylation is 1. The zero-order valence-electron chi connectivity index (χ0n) is 11.8. The van der Waals surface area contributed by atoms with Crippen LogP contribution in [-0.4, -0.2) is 38.6 Å². The standard InChI is InChI=1S/C16H21N3O/c1-2-9-19-15-5-4-14(18-10-7-17-8-11-18)12-13(15)3-6-16(19)20/h2,4-5,12,17H,1,3,6-11H2. The van der Waals surface area contributed by atoms with E-state index in [-0.39, 0.29) is 5.91 Å². The van der Waals surface area contributed by atoms with E-state index in [1.165, 1.54) is 11.3 Å². The summed E-state index contributed by atoms with van der Waals surface area (Å²) in [6.07, 6.45) is 3.24. The van der Waals surface area contributed by atoms with E-state index in [4.69, 9.17) is 0 Å². The van der Waals surface area contributed by atoms with E-state index in [1.54, 1.807) is 6.08 Å². The largest absolute Gasteiger partial charge is 0.369 e. The average Bonchev–Trinajstić information content (AvgIpc) is 2.51. The van der Waals surface area contributed by atoms with Gasteiger partial charge in [-0.05, 0) is 30.2 Å². The maximum absolute atomic E-state index is 12.0. The molecule has 106 valence electrons. The van der Waals surface area contributed by atoms with E-state index in [0.29, 0.717) is 13.0 Å². The van der Waals surface area contributed by atoms with Crippen LogP contribution in [0.5, 0.6) is 0 Å². The topological polar surface area (TPSA) is 35.6 Å². The number of anilines is 2. The number of piperazine rings is 1. The zero-order valence-corrected chi connectivity index (χ0v) is 11.8. The maximum atomic E-state index is 12.0. The summed E-state index contributed by atoms with van der Waals surface area (Å²) in [5.74, 6) is 0.201. The summed E-state index contributed by atoms with van der Waals surface area (Å²) in [6.45, 7) is 8.52. The Morgan fingerprint density at radius 3 is 2.80 bits per heavy atom. The summed E-state index contributed by atoms with van der Waals surface area (Å²) in [6, 6.07) is 6.48. The van der Waals surface area contributed by atoms with Crippen LogP contribution in [0.4, 0.5) is 11.4 Å². The van der Waals surface area contributed by atoms with Gasteiger partial charge in [0.1, 0.15) is 0 Å². The van der Waals surface area contributed by atoms with E-state index in [0.717, 1.165) is 38.3 Å². The van der Waals surface area contributed by atoms with Gasteiger partial charge in [0.25, 0.3) is 0 Å². The molecule has 0 bridgehead atoms. The van der Waals surface area contributed by atoms with Crippen molar-refractivity contribution in [3.8, 4) is 0 Å². The van der Waals surface area contributed by atoms with Crippen molar-refractivity contribution in [3.05, 3.63) is 36.4 Å². The van der Waals surface area contributed by atoms with Gasteiger partial charge < -0.3 is 15.1 Å². The molecule has 2 aliphatic rings. The molecule has 0 aromatic heterocycles. The minimum atomic E-state index is 0.201. The lowest BCUT2D eigenvalue weighted by atomic mass is 10.00. The molecule has 1 aromatic carbocycles. The van der Waals surface area contributed by atoms with Crippen LogP contribution >= 0.6 is 0 Å². The molecule has 2 aliphatic heterocycles. The molecule has 0 spiro atoms. The second kappa shape index (κ2) is 5.67. The van der Waals surface area contributed by atoms with Crippen molar-refractivity contribution in [1.82, 2.24) is 5.32 Å². The predicted molar refractivity (Wildman–Crippen MR) is 82.4 cm³/mol. The summed E-state index contributed by atoms with van der Waals surface area (Å²) in [4.78, 5) is 16.2. The Morgan fingerprint density at radius 2 is 2.05 bits per heavy atom. The SMILES string of the molecule is C=CCN1C(=O)CCc2cc(N3CCNCC3)ccc21. The summed E-state index contributed by atoms with van der Waals surface area (Å²) >= 11 is 0. The highest BCUT2D eigenvalue weighted by Crippen LogP contribution is 2.31. The summed E-state index contributed by atoms with van der Waals surface area (Å²) in [5, 5.41) is 3.37. The first-order chi connectivity index (χ1) is 9.79. The highest BCUT2D eigenvalue weighted by Gasteiger charge is 2.24. The third-order valence-corrected chi connectivity index (χ3v) is 4.06. The van der Waals surface area contributed by atoms with E-state index in [2.05, 4.69) is 35.0 Å². The lowest BCUT2D eigenvalue weighted by molar-refractivity contribution is -0.118. The van der Waals surface area contributed by atoms with Crippen molar-refractivity contribution in [2.45, 2.75) is 12.8 Å². The van der Waals surface area contributed by atoms with Crippen LogP contribution in [0.2, 0.25) is 0 Å². The Morgan fingerprint density at radius 1 is 1.25 bits per heavy atom. The summed E-state index contributed by atoms with van der Waals surface area (Å²) in [7, 11) is 0. The first-order valence-corrected chi connectivity index (χ1v) is 7.29. The van der Waals surface area contributed by atoms with Gasteiger partial charge in [-0.3, -0.25) is 4.79 Å². The minimum Gasteiger partial charge on any atom is -0.369 e. The number of hydrogen-bond acceptors (Lipinski definition) is 3. The molecule has 1 fully saturated rings. The van der Waals surface area contributed by atoms with Crippen LogP contribution in [0.15, 0.2) is 30.9 Å². The number of rotatable bonds is 3. The number of carbonyl (C=O) groups excluding carboxylic acids is 1. The molecule has 1 aromatic rings. The molecular formula is C16H21N3O. The number of amides is 1. The molecule has 1 amide bonds. The molecule has 2 heterocycles. The predicted octanol–water partition coefficient (Wildman–Crippen LogP) is 1.56. The fourth-order valence-corrected chi connectivity index (χ4v) is 3.00. The molecule has 0 atom stereocenters. The first-order valence-electron chi connectivity index (χ1n) is 7.29. The molecule has 0 radical (unpaired) electrons. The van der Waals surface area contributed by atoms with E-state index in [9.17, 15) is 4.79 Å². The third kappa shape index (κ3) is 2.43. The molecule has 3 rings (SSSR count). The van der Waals surface area contributed by atoms with Crippen LogP contribution in [0.25, 0.3) is 0 Å². The van der Waals surface area contributed by atoms with Crippen LogP contribution in [0.1, 0.15) is 12.0 Å². The molecule has 4 nitrogen and oxygen atoms in total. The minimum absolute atomic E-state index is 0.201. The van der Waals surface area contributed by atoms with Gasteiger partial charge in [-0.25, -0.2) is 0 Å². The molecule has 0 aliphatic carbocycles. The third-order valence-electron chi connectivity index (χ3n) is 4.06. The quantitative estimate of drug-likeness (QED) is 0.848. The van der Waals surface area contributed by atoms with Crippen molar-refractivity contribution in [2.75, 3.05) is 42.5 Å². The lowest BCUT2D eigenvalue weighted by Crippen LogP contribution is -2.43. The fourth-order valence-electron chi connectivity index (χ4n) is 3.00. The van der Waals surface area contributed by atoms with Gasteiger partial charge in [-0.2, -0.15) is 0 Å². The number of hydrogen-bond donors (Lipinski definition) is 1. The van der Waals surface area contributed by atoms with Gasteiger partial charge in [-0.1, -0.05) is 6.08 Å². The van der Waals surface area contributed by atoms with Crippen LogP contribution in [0.3, 0.4) is 0 Å². The normalized spacial score (nSPS) is 18.9. The van der Waals surface area contributed by atoms with Crippen molar-refractivity contribution >= 4 is 17.3 Å². The summed E-state index contributed by atoms with van der Waals surface area (Å²) in [5.41, 5.74) is 3.61. The number of benzene rings is 1. The van der Waals surface area contributed by atoms with Crippen LogP contribution in [0, 0.1) is 0 Å².